The first kappa shape index (κ1) is 19.6. The third-order valence-electron chi connectivity index (χ3n) is 3.61. The lowest BCUT2D eigenvalue weighted by Crippen LogP contribution is -2.40. The van der Waals surface area contributed by atoms with E-state index in [0.29, 0.717) is 11.4 Å². The van der Waals surface area contributed by atoms with Crippen molar-refractivity contribution in [2.75, 3.05) is 11.0 Å². The van der Waals surface area contributed by atoms with E-state index in [1.807, 2.05) is 26.0 Å². The number of halogens is 1. The minimum atomic E-state index is -3.48. The van der Waals surface area contributed by atoms with E-state index < -0.39 is 10.0 Å². The standard InChI is InChI=1S/C17H26INO2S/c1-5-6-7-15(3)13-19(16(4)12-18)22(20,21)17-10-8-14(2)9-11-17/h8-11,16H,3,5-7,12-13H2,1-2,4H3/t16-/m0/s1. The summed E-state index contributed by atoms with van der Waals surface area (Å²) in [6, 6.07) is 7.00. The summed E-state index contributed by atoms with van der Waals surface area (Å²) >= 11 is 2.23. The first-order valence-electron chi connectivity index (χ1n) is 7.64. The summed E-state index contributed by atoms with van der Waals surface area (Å²) in [6.45, 7) is 10.5. The number of benzene rings is 1. The average molecular weight is 435 g/mol. The lowest BCUT2D eigenvalue weighted by atomic mass is 10.1. The Kier molecular flexibility index (Phi) is 8.07. The Morgan fingerprint density at radius 3 is 2.41 bits per heavy atom. The zero-order valence-electron chi connectivity index (χ0n) is 13.7. The van der Waals surface area contributed by atoms with Crippen molar-refractivity contribution in [1.29, 1.82) is 0 Å². The topological polar surface area (TPSA) is 37.4 Å². The van der Waals surface area contributed by atoms with E-state index >= 15 is 0 Å². The molecule has 22 heavy (non-hydrogen) atoms. The molecule has 1 atom stereocenters. The Labute approximate surface area is 149 Å². The normalized spacial score (nSPS) is 13.3. The predicted octanol–water partition coefficient (Wildman–Crippen LogP) is 4.56. The van der Waals surface area contributed by atoms with E-state index in [2.05, 4.69) is 36.1 Å². The molecule has 0 N–H and O–H groups in total. The van der Waals surface area contributed by atoms with Crippen LogP contribution in [0.25, 0.3) is 0 Å². The molecule has 0 radical (unpaired) electrons. The highest BCUT2D eigenvalue weighted by molar-refractivity contribution is 14.1. The fraction of sp³-hybridized carbons (Fsp3) is 0.529. The SMILES string of the molecule is C=C(CCCC)CN([C@@H](C)CI)S(=O)(=O)c1ccc(C)cc1. The number of hydrogen-bond donors (Lipinski definition) is 0. The molecule has 0 unspecified atom stereocenters. The van der Waals surface area contributed by atoms with Gasteiger partial charge in [0.15, 0.2) is 0 Å². The molecule has 0 saturated heterocycles. The molecule has 0 bridgehead atoms. The van der Waals surface area contributed by atoms with Crippen LogP contribution in [0.2, 0.25) is 0 Å². The van der Waals surface area contributed by atoms with Gasteiger partial charge in [0.2, 0.25) is 10.0 Å². The van der Waals surface area contributed by atoms with Gasteiger partial charge >= 0.3 is 0 Å². The Bertz CT molecular complexity index is 581. The van der Waals surface area contributed by atoms with Gasteiger partial charge in [-0.2, -0.15) is 4.31 Å². The maximum atomic E-state index is 12.9. The van der Waals surface area contributed by atoms with E-state index in [9.17, 15) is 8.42 Å². The first-order chi connectivity index (χ1) is 10.3. The number of alkyl halides is 1. The maximum absolute atomic E-state index is 12.9. The van der Waals surface area contributed by atoms with Gasteiger partial charge in [-0.25, -0.2) is 8.42 Å². The van der Waals surface area contributed by atoms with Gasteiger partial charge in [-0.05, 0) is 38.8 Å². The van der Waals surface area contributed by atoms with Crippen LogP contribution in [0.15, 0.2) is 41.3 Å². The van der Waals surface area contributed by atoms with E-state index in [1.54, 1.807) is 16.4 Å². The number of sulfonamides is 1. The molecule has 0 aliphatic carbocycles. The van der Waals surface area contributed by atoms with Crippen molar-refractivity contribution in [3.8, 4) is 0 Å². The van der Waals surface area contributed by atoms with E-state index in [-0.39, 0.29) is 6.04 Å². The molecule has 1 aromatic carbocycles. The zero-order chi connectivity index (χ0) is 16.8. The molecular weight excluding hydrogens is 409 g/mol. The third-order valence-corrected chi connectivity index (χ3v) is 6.85. The fourth-order valence-corrected chi connectivity index (χ4v) is 4.52. The lowest BCUT2D eigenvalue weighted by molar-refractivity contribution is 0.379. The molecular formula is C17H26INO2S. The van der Waals surface area contributed by atoms with Gasteiger partial charge in [0.05, 0.1) is 4.90 Å². The minimum absolute atomic E-state index is 0.0507. The lowest BCUT2D eigenvalue weighted by Gasteiger charge is -2.28. The van der Waals surface area contributed by atoms with Crippen LogP contribution in [0.1, 0.15) is 38.7 Å². The van der Waals surface area contributed by atoms with E-state index in [0.717, 1.165) is 34.8 Å². The van der Waals surface area contributed by atoms with Crippen LogP contribution in [0.4, 0.5) is 0 Å². The van der Waals surface area contributed by atoms with E-state index in [4.69, 9.17) is 0 Å². The molecule has 0 heterocycles. The molecule has 0 amide bonds. The van der Waals surface area contributed by atoms with Crippen molar-refractivity contribution in [2.24, 2.45) is 0 Å². The number of unbranched alkanes of at least 4 members (excludes halogenated alkanes) is 1. The Morgan fingerprint density at radius 2 is 1.91 bits per heavy atom. The molecule has 3 nitrogen and oxygen atoms in total. The second-order valence-corrected chi connectivity index (χ2v) is 8.49. The molecule has 0 fully saturated rings. The molecule has 1 aromatic rings. The van der Waals surface area contributed by atoms with Gasteiger partial charge < -0.3 is 0 Å². The molecule has 0 aromatic heterocycles. The Hall–Kier alpha value is -0.400. The Balaban J connectivity index is 3.04. The largest absolute Gasteiger partial charge is 0.243 e. The average Bonchev–Trinajstić information content (AvgIpc) is 2.50. The molecule has 0 aliphatic heterocycles. The molecule has 0 aliphatic rings. The van der Waals surface area contributed by atoms with Crippen LogP contribution < -0.4 is 0 Å². The van der Waals surface area contributed by atoms with Crippen LogP contribution in [0.5, 0.6) is 0 Å². The van der Waals surface area contributed by atoms with E-state index in [1.165, 1.54) is 0 Å². The quantitative estimate of drug-likeness (QED) is 0.324. The summed E-state index contributed by atoms with van der Waals surface area (Å²) in [5.74, 6) is 0. The number of rotatable bonds is 9. The van der Waals surface area contributed by atoms with Gasteiger partial charge in [-0.15, -0.1) is 0 Å². The van der Waals surface area contributed by atoms with Crippen molar-refractivity contribution >= 4 is 32.6 Å². The highest BCUT2D eigenvalue weighted by Crippen LogP contribution is 2.22. The molecule has 5 heteroatoms. The highest BCUT2D eigenvalue weighted by Gasteiger charge is 2.28. The monoisotopic (exact) mass is 435 g/mol. The minimum Gasteiger partial charge on any atom is -0.207 e. The molecule has 1 rings (SSSR count). The van der Waals surface area contributed by atoms with Crippen LogP contribution >= 0.6 is 22.6 Å². The summed E-state index contributed by atoms with van der Waals surface area (Å²) in [4.78, 5) is 0.359. The summed E-state index contributed by atoms with van der Waals surface area (Å²) in [6.07, 6.45) is 3.02. The highest BCUT2D eigenvalue weighted by atomic mass is 127. The fourth-order valence-electron chi connectivity index (χ4n) is 2.13. The van der Waals surface area contributed by atoms with Gasteiger partial charge in [-0.3, -0.25) is 0 Å². The second kappa shape index (κ2) is 9.03. The number of hydrogen-bond acceptors (Lipinski definition) is 2. The summed E-state index contributed by atoms with van der Waals surface area (Å²) in [5.41, 5.74) is 2.04. The van der Waals surface area contributed by atoms with Crippen molar-refractivity contribution in [3.05, 3.63) is 42.0 Å². The molecule has 0 spiro atoms. The van der Waals surface area contributed by atoms with Gasteiger partial charge in [0.1, 0.15) is 0 Å². The van der Waals surface area contributed by atoms with Crippen molar-refractivity contribution < 1.29 is 8.42 Å². The maximum Gasteiger partial charge on any atom is 0.243 e. The van der Waals surface area contributed by atoms with Crippen LogP contribution in [0, 0.1) is 6.92 Å². The third kappa shape index (κ3) is 5.35. The summed E-state index contributed by atoms with van der Waals surface area (Å²) in [5, 5.41) is 0. The predicted molar refractivity (Wildman–Crippen MR) is 102 cm³/mol. The number of nitrogens with zero attached hydrogens (tertiary/aromatic N) is 1. The second-order valence-electron chi connectivity index (χ2n) is 5.72. The smallest absolute Gasteiger partial charge is 0.207 e. The van der Waals surface area contributed by atoms with Crippen molar-refractivity contribution in [3.63, 3.8) is 0 Å². The van der Waals surface area contributed by atoms with Gasteiger partial charge in [-0.1, -0.05) is 65.8 Å². The number of aryl methyl sites for hydroxylation is 1. The first-order valence-corrected chi connectivity index (χ1v) is 10.6. The van der Waals surface area contributed by atoms with Gasteiger partial charge in [0, 0.05) is 17.0 Å². The van der Waals surface area contributed by atoms with Crippen LogP contribution in [0.3, 0.4) is 0 Å². The Morgan fingerprint density at radius 1 is 1.32 bits per heavy atom. The molecule has 124 valence electrons. The van der Waals surface area contributed by atoms with Crippen molar-refractivity contribution in [1.82, 2.24) is 4.31 Å². The summed E-state index contributed by atoms with van der Waals surface area (Å²) < 4.78 is 28.2. The van der Waals surface area contributed by atoms with Crippen molar-refractivity contribution in [2.45, 2.75) is 51.0 Å². The molecule has 0 saturated carbocycles. The van der Waals surface area contributed by atoms with Crippen LogP contribution in [-0.4, -0.2) is 29.7 Å². The van der Waals surface area contributed by atoms with Crippen LogP contribution in [-0.2, 0) is 10.0 Å². The zero-order valence-corrected chi connectivity index (χ0v) is 16.7. The van der Waals surface area contributed by atoms with Gasteiger partial charge in [0.25, 0.3) is 0 Å². The summed E-state index contributed by atoms with van der Waals surface area (Å²) in [7, 11) is -3.48.